The number of urea groups is 1. The summed E-state index contributed by atoms with van der Waals surface area (Å²) in [6.07, 6.45) is 7.28. The van der Waals surface area contributed by atoms with Crippen LogP contribution >= 0.6 is 0 Å². The number of aromatic nitrogens is 1. The first-order chi connectivity index (χ1) is 10.2. The number of carbonyl (C=O) groups is 1. The van der Waals surface area contributed by atoms with Crippen LogP contribution in [0.5, 0.6) is 0 Å². The Kier molecular flexibility index (Phi) is 3.90. The van der Waals surface area contributed by atoms with E-state index in [9.17, 15) is 4.79 Å². The second kappa shape index (κ2) is 5.99. The van der Waals surface area contributed by atoms with E-state index >= 15 is 0 Å². The Labute approximate surface area is 124 Å². The van der Waals surface area contributed by atoms with E-state index in [1.807, 2.05) is 36.2 Å². The summed E-state index contributed by atoms with van der Waals surface area (Å²) >= 11 is 0. The van der Waals surface area contributed by atoms with Crippen LogP contribution in [0.25, 0.3) is 0 Å². The van der Waals surface area contributed by atoms with Crippen LogP contribution in [-0.2, 0) is 13.1 Å². The number of hydrogen-bond donors (Lipinski definition) is 1. The molecule has 0 aromatic carbocycles. The second-order valence-corrected chi connectivity index (χ2v) is 5.48. The smallest absolute Gasteiger partial charge is 0.318 e. The van der Waals surface area contributed by atoms with Crippen LogP contribution in [0.3, 0.4) is 0 Å². The Morgan fingerprint density at radius 1 is 1.43 bits per heavy atom. The molecule has 3 rings (SSSR count). The summed E-state index contributed by atoms with van der Waals surface area (Å²) < 4.78 is 5.07. The molecule has 5 nitrogen and oxygen atoms in total. The molecule has 0 aliphatic heterocycles. The fourth-order valence-electron chi connectivity index (χ4n) is 2.20. The van der Waals surface area contributed by atoms with Gasteiger partial charge in [0, 0.05) is 17.8 Å². The van der Waals surface area contributed by atoms with Gasteiger partial charge >= 0.3 is 6.03 Å². The van der Waals surface area contributed by atoms with Gasteiger partial charge in [-0.1, -0.05) is 6.07 Å². The van der Waals surface area contributed by atoms with Gasteiger partial charge in [0.15, 0.2) is 0 Å². The molecule has 2 amide bonds. The van der Waals surface area contributed by atoms with E-state index in [0.717, 1.165) is 29.7 Å². The van der Waals surface area contributed by atoms with Gasteiger partial charge in [-0.3, -0.25) is 4.98 Å². The fourth-order valence-corrected chi connectivity index (χ4v) is 2.20. The van der Waals surface area contributed by atoms with Gasteiger partial charge in [0.2, 0.25) is 0 Å². The minimum Gasteiger partial charge on any atom is -0.472 e. The van der Waals surface area contributed by atoms with Crippen LogP contribution in [0.4, 0.5) is 4.79 Å². The molecule has 2 aromatic heterocycles. The van der Waals surface area contributed by atoms with Crippen LogP contribution in [0.15, 0.2) is 41.3 Å². The molecule has 5 heteroatoms. The maximum atomic E-state index is 12.3. The van der Waals surface area contributed by atoms with E-state index in [4.69, 9.17) is 4.42 Å². The number of furan rings is 1. The van der Waals surface area contributed by atoms with Gasteiger partial charge in [-0.25, -0.2) is 4.79 Å². The number of hydrogen-bond acceptors (Lipinski definition) is 3. The summed E-state index contributed by atoms with van der Waals surface area (Å²) in [6.45, 7) is 3.04. The third-order valence-corrected chi connectivity index (χ3v) is 3.57. The topological polar surface area (TPSA) is 58.4 Å². The van der Waals surface area contributed by atoms with Crippen LogP contribution in [0.1, 0.15) is 29.7 Å². The average Bonchev–Trinajstić information content (AvgIpc) is 3.20. The van der Waals surface area contributed by atoms with E-state index in [2.05, 4.69) is 10.3 Å². The van der Waals surface area contributed by atoms with E-state index in [0.29, 0.717) is 19.1 Å². The fraction of sp³-hybridized carbons (Fsp3) is 0.375. The minimum absolute atomic E-state index is 0.0407. The Morgan fingerprint density at radius 2 is 2.29 bits per heavy atom. The van der Waals surface area contributed by atoms with Crippen molar-refractivity contribution in [2.75, 3.05) is 0 Å². The zero-order chi connectivity index (χ0) is 14.7. The normalized spacial score (nSPS) is 14.0. The first-order valence-corrected chi connectivity index (χ1v) is 7.19. The number of carbonyl (C=O) groups excluding carboxylic acids is 1. The molecular weight excluding hydrogens is 266 g/mol. The summed E-state index contributed by atoms with van der Waals surface area (Å²) in [5.74, 6) is 0. The van der Waals surface area contributed by atoms with Crippen molar-refractivity contribution in [1.82, 2.24) is 15.2 Å². The van der Waals surface area contributed by atoms with Crippen molar-refractivity contribution in [2.45, 2.75) is 38.9 Å². The van der Waals surface area contributed by atoms with Crippen molar-refractivity contribution in [3.63, 3.8) is 0 Å². The number of nitrogens with one attached hydrogen (secondary N) is 1. The predicted molar refractivity (Wildman–Crippen MR) is 78.5 cm³/mol. The average molecular weight is 285 g/mol. The van der Waals surface area contributed by atoms with E-state index in [1.165, 1.54) is 0 Å². The van der Waals surface area contributed by atoms with Crippen molar-refractivity contribution in [1.29, 1.82) is 0 Å². The highest BCUT2D eigenvalue weighted by molar-refractivity contribution is 5.74. The Morgan fingerprint density at radius 3 is 2.90 bits per heavy atom. The molecule has 1 saturated carbocycles. The summed E-state index contributed by atoms with van der Waals surface area (Å²) in [4.78, 5) is 18.5. The highest BCUT2D eigenvalue weighted by atomic mass is 16.3. The summed E-state index contributed by atoms with van der Waals surface area (Å²) in [5.41, 5.74) is 3.00. The molecule has 0 saturated heterocycles. The van der Waals surface area contributed by atoms with Gasteiger partial charge in [0.05, 0.1) is 31.3 Å². The van der Waals surface area contributed by atoms with Gasteiger partial charge in [0.1, 0.15) is 0 Å². The number of rotatable bonds is 5. The largest absolute Gasteiger partial charge is 0.472 e. The highest BCUT2D eigenvalue weighted by Crippen LogP contribution is 2.28. The van der Waals surface area contributed by atoms with Gasteiger partial charge < -0.3 is 14.6 Å². The van der Waals surface area contributed by atoms with Crippen LogP contribution in [0.2, 0.25) is 0 Å². The van der Waals surface area contributed by atoms with Crippen molar-refractivity contribution in [3.8, 4) is 0 Å². The maximum absolute atomic E-state index is 12.3. The summed E-state index contributed by atoms with van der Waals surface area (Å²) in [5, 5.41) is 2.95. The quantitative estimate of drug-likeness (QED) is 0.919. The van der Waals surface area contributed by atoms with Crippen molar-refractivity contribution in [2.24, 2.45) is 0 Å². The molecule has 2 heterocycles. The van der Waals surface area contributed by atoms with E-state index in [1.54, 1.807) is 12.5 Å². The Hall–Kier alpha value is -2.30. The molecule has 110 valence electrons. The van der Waals surface area contributed by atoms with Gasteiger partial charge in [-0.2, -0.15) is 0 Å². The molecule has 0 radical (unpaired) electrons. The Bertz CT molecular complexity index is 588. The number of aryl methyl sites for hydroxylation is 1. The van der Waals surface area contributed by atoms with Gasteiger partial charge in [-0.05, 0) is 37.5 Å². The lowest BCUT2D eigenvalue weighted by molar-refractivity contribution is 0.191. The number of pyridine rings is 1. The van der Waals surface area contributed by atoms with Crippen molar-refractivity contribution >= 4 is 6.03 Å². The molecule has 21 heavy (non-hydrogen) atoms. The lowest BCUT2D eigenvalue weighted by Gasteiger charge is -2.22. The molecule has 0 spiro atoms. The summed E-state index contributed by atoms with van der Waals surface area (Å²) in [6, 6.07) is 6.14. The maximum Gasteiger partial charge on any atom is 0.318 e. The SMILES string of the molecule is Cc1ccc(CNC(=O)N(Cc2ccoc2)C2CC2)nc1. The Balaban J connectivity index is 1.58. The molecule has 1 aliphatic rings. The van der Waals surface area contributed by atoms with Gasteiger partial charge in [0.25, 0.3) is 0 Å². The van der Waals surface area contributed by atoms with Crippen molar-refractivity contribution < 1.29 is 9.21 Å². The predicted octanol–water partition coefficient (Wildman–Crippen LogP) is 2.86. The molecule has 0 unspecified atom stereocenters. The lowest BCUT2D eigenvalue weighted by atomic mass is 10.3. The number of nitrogens with zero attached hydrogens (tertiary/aromatic N) is 2. The van der Waals surface area contributed by atoms with E-state index in [-0.39, 0.29) is 6.03 Å². The molecule has 1 N–H and O–H groups in total. The molecular formula is C16H19N3O2. The molecule has 0 bridgehead atoms. The van der Waals surface area contributed by atoms with Crippen LogP contribution in [-0.4, -0.2) is 22.0 Å². The standard InChI is InChI=1S/C16H19N3O2/c1-12-2-3-14(17-8-12)9-18-16(20)19(15-4-5-15)10-13-6-7-21-11-13/h2-3,6-8,11,15H,4-5,9-10H2,1H3,(H,18,20). The minimum atomic E-state index is -0.0407. The molecule has 2 aromatic rings. The zero-order valence-electron chi connectivity index (χ0n) is 12.1. The summed E-state index contributed by atoms with van der Waals surface area (Å²) in [7, 11) is 0. The first kappa shape index (κ1) is 13.7. The third-order valence-electron chi connectivity index (χ3n) is 3.57. The first-order valence-electron chi connectivity index (χ1n) is 7.19. The molecule has 1 fully saturated rings. The van der Waals surface area contributed by atoms with Crippen LogP contribution in [0, 0.1) is 6.92 Å². The second-order valence-electron chi connectivity index (χ2n) is 5.48. The monoisotopic (exact) mass is 285 g/mol. The van der Waals surface area contributed by atoms with Crippen LogP contribution < -0.4 is 5.32 Å². The lowest BCUT2D eigenvalue weighted by Crippen LogP contribution is -2.40. The van der Waals surface area contributed by atoms with E-state index < -0.39 is 0 Å². The van der Waals surface area contributed by atoms with Crippen molar-refractivity contribution in [3.05, 3.63) is 53.7 Å². The highest BCUT2D eigenvalue weighted by Gasteiger charge is 2.32. The van der Waals surface area contributed by atoms with Gasteiger partial charge in [-0.15, -0.1) is 0 Å². The number of amides is 2. The third kappa shape index (κ3) is 3.62. The zero-order valence-corrected chi connectivity index (χ0v) is 12.1. The molecule has 1 aliphatic carbocycles. The molecule has 0 atom stereocenters.